The van der Waals surface area contributed by atoms with Gasteiger partial charge in [0, 0.05) is 5.92 Å². The molecule has 1 atom stereocenters. The van der Waals surface area contributed by atoms with E-state index in [1.54, 1.807) is 0 Å². The van der Waals surface area contributed by atoms with Gasteiger partial charge in [0.25, 0.3) is 0 Å². The molecule has 1 aromatic heterocycles. The highest BCUT2D eigenvalue weighted by molar-refractivity contribution is 7.91. The highest BCUT2D eigenvalue weighted by Gasteiger charge is 2.28. The molecule has 0 spiro atoms. The van der Waals surface area contributed by atoms with Crippen molar-refractivity contribution in [2.45, 2.75) is 31.7 Å². The number of sulfone groups is 1. The van der Waals surface area contributed by atoms with Gasteiger partial charge in [-0.15, -0.1) is 0 Å². The monoisotopic (exact) mass is 259 g/mol. The van der Waals surface area contributed by atoms with Crippen molar-refractivity contribution >= 4 is 9.84 Å². The summed E-state index contributed by atoms with van der Waals surface area (Å²) in [4.78, 5) is 4.32. The normalized spacial score (nSPS) is 22.5. The minimum absolute atomic E-state index is 0.0172. The summed E-state index contributed by atoms with van der Waals surface area (Å²) in [6.07, 6.45) is 1.19. The second kappa shape index (κ2) is 4.73. The predicted octanol–water partition coefficient (Wildman–Crippen LogP) is 0.642. The molecule has 7 heteroatoms. The van der Waals surface area contributed by atoms with E-state index in [-0.39, 0.29) is 23.5 Å². The Hall–Kier alpha value is -0.950. The molecule has 1 fully saturated rings. The molecule has 0 radical (unpaired) electrons. The van der Waals surface area contributed by atoms with Gasteiger partial charge in [-0.2, -0.15) is 4.98 Å². The van der Waals surface area contributed by atoms with E-state index >= 15 is 0 Å². The third-order valence-corrected chi connectivity index (χ3v) is 4.90. The lowest BCUT2D eigenvalue weighted by Crippen LogP contribution is -2.22. The fraction of sp³-hybridized carbons (Fsp3) is 0.800. The maximum atomic E-state index is 11.3. The summed E-state index contributed by atoms with van der Waals surface area (Å²) >= 11 is 0. The quantitative estimate of drug-likeness (QED) is 0.857. The van der Waals surface area contributed by atoms with E-state index in [4.69, 9.17) is 4.52 Å². The lowest BCUT2D eigenvalue weighted by Gasteiger charge is -2.18. The molecule has 2 rings (SSSR count). The van der Waals surface area contributed by atoms with Crippen LogP contribution in [-0.4, -0.2) is 37.1 Å². The Balaban J connectivity index is 2.06. The summed E-state index contributed by atoms with van der Waals surface area (Å²) in [7, 11) is -1.02. The smallest absolute Gasteiger partial charge is 0.243 e. The Morgan fingerprint density at radius 3 is 2.65 bits per heavy atom. The zero-order valence-electron chi connectivity index (χ0n) is 10.0. The lowest BCUT2D eigenvalue weighted by atomic mass is 10.0. The molecular weight excluding hydrogens is 242 g/mol. The molecule has 1 aliphatic rings. The summed E-state index contributed by atoms with van der Waals surface area (Å²) in [6, 6.07) is 0.0172. The average Bonchev–Trinajstić information content (AvgIpc) is 2.77. The molecule has 0 aliphatic carbocycles. The van der Waals surface area contributed by atoms with E-state index in [0.29, 0.717) is 24.6 Å². The van der Waals surface area contributed by atoms with Crippen molar-refractivity contribution in [3.05, 3.63) is 11.7 Å². The van der Waals surface area contributed by atoms with Gasteiger partial charge in [-0.1, -0.05) is 5.16 Å². The number of nitrogens with one attached hydrogen (secondary N) is 1. The molecule has 1 saturated heterocycles. The van der Waals surface area contributed by atoms with E-state index in [0.717, 1.165) is 0 Å². The van der Waals surface area contributed by atoms with Gasteiger partial charge in [-0.3, -0.25) is 0 Å². The zero-order valence-corrected chi connectivity index (χ0v) is 10.8. The summed E-state index contributed by atoms with van der Waals surface area (Å²) in [5.41, 5.74) is 0. The van der Waals surface area contributed by atoms with E-state index in [1.807, 2.05) is 14.0 Å². The van der Waals surface area contributed by atoms with Crippen molar-refractivity contribution in [2.75, 3.05) is 18.6 Å². The number of hydrogen-bond acceptors (Lipinski definition) is 6. The van der Waals surface area contributed by atoms with Gasteiger partial charge in [-0.25, -0.2) is 8.42 Å². The third kappa shape index (κ3) is 2.84. The first-order chi connectivity index (χ1) is 8.02. The molecule has 96 valence electrons. The van der Waals surface area contributed by atoms with Gasteiger partial charge in [0.15, 0.2) is 5.82 Å². The topological polar surface area (TPSA) is 85.1 Å². The number of aromatic nitrogens is 2. The number of hydrogen-bond donors (Lipinski definition) is 1. The van der Waals surface area contributed by atoms with Gasteiger partial charge in [-0.05, 0) is 26.8 Å². The van der Waals surface area contributed by atoms with Gasteiger partial charge < -0.3 is 9.84 Å². The Bertz CT molecular complexity index is 469. The minimum atomic E-state index is -2.84. The van der Waals surface area contributed by atoms with E-state index in [9.17, 15) is 8.42 Å². The van der Waals surface area contributed by atoms with Crippen LogP contribution >= 0.6 is 0 Å². The molecular formula is C10H17N3O3S. The Kier molecular flexibility index (Phi) is 3.48. The van der Waals surface area contributed by atoms with Gasteiger partial charge in [0.2, 0.25) is 5.89 Å². The third-order valence-electron chi connectivity index (χ3n) is 3.18. The Morgan fingerprint density at radius 1 is 1.41 bits per heavy atom. The minimum Gasteiger partial charge on any atom is -0.338 e. The van der Waals surface area contributed by atoms with E-state index < -0.39 is 9.84 Å². The Labute approximate surface area is 101 Å². The molecule has 1 unspecified atom stereocenters. The molecule has 1 N–H and O–H groups in total. The van der Waals surface area contributed by atoms with Crippen molar-refractivity contribution in [1.82, 2.24) is 15.5 Å². The van der Waals surface area contributed by atoms with Gasteiger partial charge >= 0.3 is 0 Å². The largest absolute Gasteiger partial charge is 0.338 e. The maximum absolute atomic E-state index is 11.3. The standard InChI is InChI=1S/C10H17N3O3S/c1-7(11-2)10-12-9(13-16-10)8-3-5-17(14,15)6-4-8/h7-8,11H,3-6H2,1-2H3. The van der Waals surface area contributed by atoms with Crippen LogP contribution in [0.15, 0.2) is 4.52 Å². The van der Waals surface area contributed by atoms with Crippen molar-refractivity contribution in [3.8, 4) is 0 Å². The summed E-state index contributed by atoms with van der Waals surface area (Å²) < 4.78 is 27.8. The first-order valence-electron chi connectivity index (χ1n) is 5.73. The average molecular weight is 259 g/mol. The Morgan fingerprint density at radius 2 is 2.06 bits per heavy atom. The summed E-state index contributed by atoms with van der Waals surface area (Å²) in [5.74, 6) is 1.75. The number of nitrogens with zero attached hydrogens (tertiary/aromatic N) is 2. The van der Waals surface area contributed by atoms with Gasteiger partial charge in [0.1, 0.15) is 9.84 Å². The van der Waals surface area contributed by atoms with Crippen LogP contribution in [0.4, 0.5) is 0 Å². The van der Waals surface area contributed by atoms with E-state index in [1.165, 1.54) is 0 Å². The molecule has 1 aromatic rings. The predicted molar refractivity (Wildman–Crippen MR) is 62.4 cm³/mol. The molecule has 0 bridgehead atoms. The fourth-order valence-corrected chi connectivity index (χ4v) is 3.35. The van der Waals surface area contributed by atoms with Crippen molar-refractivity contribution < 1.29 is 12.9 Å². The van der Waals surface area contributed by atoms with Crippen LogP contribution in [0.2, 0.25) is 0 Å². The highest BCUT2D eigenvalue weighted by atomic mass is 32.2. The molecule has 6 nitrogen and oxygen atoms in total. The summed E-state index contributed by atoms with van der Waals surface area (Å²) in [5, 5.41) is 6.95. The van der Waals surface area contributed by atoms with Crippen molar-refractivity contribution in [1.29, 1.82) is 0 Å². The number of rotatable bonds is 3. The second-order valence-corrected chi connectivity index (χ2v) is 6.73. The van der Waals surface area contributed by atoms with Crippen LogP contribution in [-0.2, 0) is 9.84 Å². The SMILES string of the molecule is CNC(C)c1nc(C2CCS(=O)(=O)CC2)no1. The molecule has 17 heavy (non-hydrogen) atoms. The zero-order chi connectivity index (χ0) is 12.5. The van der Waals surface area contributed by atoms with Crippen LogP contribution in [0.5, 0.6) is 0 Å². The molecule has 0 aromatic carbocycles. The van der Waals surface area contributed by atoms with Crippen molar-refractivity contribution in [3.63, 3.8) is 0 Å². The maximum Gasteiger partial charge on any atom is 0.243 e. The van der Waals surface area contributed by atoms with Gasteiger partial charge in [0.05, 0.1) is 17.5 Å². The molecule has 0 saturated carbocycles. The summed E-state index contributed by atoms with van der Waals surface area (Å²) in [6.45, 7) is 1.93. The highest BCUT2D eigenvalue weighted by Crippen LogP contribution is 2.27. The van der Waals surface area contributed by atoms with Crippen LogP contribution in [0.25, 0.3) is 0 Å². The lowest BCUT2D eigenvalue weighted by molar-refractivity contribution is 0.340. The van der Waals surface area contributed by atoms with Crippen LogP contribution < -0.4 is 5.32 Å². The molecule has 2 heterocycles. The van der Waals surface area contributed by atoms with Crippen LogP contribution in [0.3, 0.4) is 0 Å². The second-order valence-electron chi connectivity index (χ2n) is 4.43. The van der Waals surface area contributed by atoms with Crippen molar-refractivity contribution in [2.24, 2.45) is 0 Å². The molecule has 1 aliphatic heterocycles. The first-order valence-corrected chi connectivity index (χ1v) is 7.55. The fourth-order valence-electron chi connectivity index (χ4n) is 1.86. The van der Waals surface area contributed by atoms with Crippen LogP contribution in [0, 0.1) is 0 Å². The molecule has 0 amide bonds. The van der Waals surface area contributed by atoms with E-state index in [2.05, 4.69) is 15.5 Å². The first kappa shape index (κ1) is 12.5. The van der Waals surface area contributed by atoms with Crippen LogP contribution in [0.1, 0.15) is 43.4 Å².